The second-order valence-corrected chi connectivity index (χ2v) is 8.07. The standard InChI is InChI=1S/C19H22ClN3O2S/c1-11-7-13(3)15(8-12(11)2)21-19-22-18(24)16(25-4)10-23(19)9-14-5-6-17(20)26-14/h5-8,10,18,24H,9H2,1-4H3,(H,21,22). The number of aliphatic hydroxyl groups excluding tert-OH is 1. The third-order valence-electron chi connectivity index (χ3n) is 4.33. The normalized spacial score (nSPS) is 17.0. The molecule has 1 atom stereocenters. The fourth-order valence-corrected chi connectivity index (χ4v) is 3.82. The van der Waals surface area contributed by atoms with Crippen molar-refractivity contribution in [2.75, 3.05) is 12.4 Å². The molecule has 0 spiro atoms. The average Bonchev–Trinajstić information content (AvgIpc) is 2.99. The van der Waals surface area contributed by atoms with Crippen molar-refractivity contribution in [1.29, 1.82) is 0 Å². The molecule has 2 N–H and O–H groups in total. The molecule has 1 aromatic heterocycles. The van der Waals surface area contributed by atoms with E-state index in [0.717, 1.165) is 20.5 Å². The van der Waals surface area contributed by atoms with Gasteiger partial charge in [0, 0.05) is 10.6 Å². The molecule has 0 bridgehead atoms. The zero-order valence-corrected chi connectivity index (χ0v) is 16.8. The Hall–Kier alpha value is -2.02. The van der Waals surface area contributed by atoms with Crippen molar-refractivity contribution in [2.45, 2.75) is 33.5 Å². The van der Waals surface area contributed by atoms with E-state index in [0.29, 0.717) is 18.3 Å². The third kappa shape index (κ3) is 4.03. The summed E-state index contributed by atoms with van der Waals surface area (Å²) in [6.07, 6.45) is 0.738. The molecule has 1 unspecified atom stereocenters. The number of benzene rings is 1. The molecule has 0 aliphatic carbocycles. The van der Waals surface area contributed by atoms with Crippen LogP contribution in [0.1, 0.15) is 21.6 Å². The Morgan fingerprint density at radius 2 is 1.96 bits per heavy atom. The smallest absolute Gasteiger partial charge is 0.208 e. The van der Waals surface area contributed by atoms with E-state index in [9.17, 15) is 5.11 Å². The van der Waals surface area contributed by atoms with Crippen molar-refractivity contribution < 1.29 is 9.84 Å². The highest BCUT2D eigenvalue weighted by Crippen LogP contribution is 2.26. The summed E-state index contributed by atoms with van der Waals surface area (Å²) in [6.45, 7) is 6.79. The van der Waals surface area contributed by atoms with Gasteiger partial charge in [-0.05, 0) is 55.7 Å². The zero-order chi connectivity index (χ0) is 18.8. The number of methoxy groups -OCH3 is 1. The second-order valence-electron chi connectivity index (χ2n) is 6.27. The van der Waals surface area contributed by atoms with Crippen molar-refractivity contribution in [2.24, 2.45) is 4.99 Å². The number of aliphatic hydroxyl groups is 1. The van der Waals surface area contributed by atoms with Gasteiger partial charge in [0.2, 0.25) is 12.2 Å². The number of anilines is 1. The minimum absolute atomic E-state index is 0.398. The monoisotopic (exact) mass is 391 g/mol. The number of thiophene rings is 1. The van der Waals surface area contributed by atoms with Crippen LogP contribution in [0.2, 0.25) is 4.34 Å². The Labute approximate surface area is 162 Å². The Morgan fingerprint density at radius 3 is 2.62 bits per heavy atom. The van der Waals surface area contributed by atoms with Gasteiger partial charge in [0.15, 0.2) is 5.76 Å². The van der Waals surface area contributed by atoms with Crippen LogP contribution in [0, 0.1) is 20.8 Å². The lowest BCUT2D eigenvalue weighted by Gasteiger charge is -2.29. The van der Waals surface area contributed by atoms with Crippen LogP contribution < -0.4 is 5.32 Å². The van der Waals surface area contributed by atoms with Crippen LogP contribution in [0.3, 0.4) is 0 Å². The molecule has 3 rings (SSSR count). The number of aryl methyl sites for hydroxylation is 3. The lowest BCUT2D eigenvalue weighted by atomic mass is 10.1. The summed E-state index contributed by atoms with van der Waals surface area (Å²) < 4.78 is 5.99. The number of aliphatic imine (C=N–C) groups is 1. The zero-order valence-electron chi connectivity index (χ0n) is 15.2. The number of rotatable bonds is 4. The third-order valence-corrected chi connectivity index (χ3v) is 5.55. The number of guanidine groups is 1. The van der Waals surface area contributed by atoms with Crippen molar-refractivity contribution in [3.05, 3.63) is 62.1 Å². The van der Waals surface area contributed by atoms with Gasteiger partial charge in [-0.3, -0.25) is 0 Å². The number of ether oxygens (including phenoxy) is 1. The Bertz CT molecular complexity index is 876. The van der Waals surface area contributed by atoms with Gasteiger partial charge >= 0.3 is 0 Å². The summed E-state index contributed by atoms with van der Waals surface area (Å²) in [5, 5.41) is 13.6. The van der Waals surface area contributed by atoms with Gasteiger partial charge in [-0.1, -0.05) is 17.7 Å². The molecule has 5 nitrogen and oxygen atoms in total. The highest BCUT2D eigenvalue weighted by molar-refractivity contribution is 7.16. The van der Waals surface area contributed by atoms with E-state index < -0.39 is 6.23 Å². The first kappa shape index (κ1) is 18.8. The summed E-state index contributed by atoms with van der Waals surface area (Å²) >= 11 is 7.57. The van der Waals surface area contributed by atoms with E-state index in [1.165, 1.54) is 29.6 Å². The molecule has 0 saturated heterocycles. The molecular formula is C19H22ClN3O2S. The molecule has 0 amide bonds. The minimum atomic E-state index is -1.03. The molecule has 1 aromatic carbocycles. The number of hydrogen-bond acceptors (Lipinski definition) is 6. The molecule has 0 radical (unpaired) electrons. The fraction of sp³-hybridized carbons (Fsp3) is 0.316. The fourth-order valence-electron chi connectivity index (χ4n) is 2.74. The predicted octanol–water partition coefficient (Wildman–Crippen LogP) is 4.42. The van der Waals surface area contributed by atoms with Crippen LogP contribution in [0.4, 0.5) is 5.69 Å². The molecule has 7 heteroatoms. The SMILES string of the molecule is COC1=CN(Cc2ccc(Cl)s2)C(Nc2cc(C)c(C)cc2C)=NC1O. The highest BCUT2D eigenvalue weighted by Gasteiger charge is 2.24. The van der Waals surface area contributed by atoms with E-state index >= 15 is 0 Å². The van der Waals surface area contributed by atoms with Crippen LogP contribution in [0.25, 0.3) is 0 Å². The maximum absolute atomic E-state index is 10.2. The summed E-state index contributed by atoms with van der Waals surface area (Å²) in [6, 6.07) is 8.09. The molecule has 1 aliphatic heterocycles. The summed E-state index contributed by atoms with van der Waals surface area (Å²) in [7, 11) is 1.52. The molecule has 0 fully saturated rings. The van der Waals surface area contributed by atoms with Gasteiger partial charge in [-0.2, -0.15) is 0 Å². The maximum Gasteiger partial charge on any atom is 0.208 e. The molecule has 0 saturated carbocycles. The van der Waals surface area contributed by atoms with E-state index in [2.05, 4.69) is 36.3 Å². The second kappa shape index (κ2) is 7.70. The van der Waals surface area contributed by atoms with Gasteiger partial charge < -0.3 is 20.1 Å². The number of nitrogens with zero attached hydrogens (tertiary/aromatic N) is 2. The summed E-state index contributed by atoms with van der Waals surface area (Å²) in [4.78, 5) is 7.38. The van der Waals surface area contributed by atoms with Crippen LogP contribution >= 0.6 is 22.9 Å². The summed E-state index contributed by atoms with van der Waals surface area (Å²) in [5.74, 6) is 0.962. The first-order valence-corrected chi connectivity index (χ1v) is 9.44. The first-order chi connectivity index (χ1) is 12.4. The largest absolute Gasteiger partial charge is 0.495 e. The van der Waals surface area contributed by atoms with Crippen LogP contribution in [0.5, 0.6) is 0 Å². The molecule has 26 heavy (non-hydrogen) atoms. The average molecular weight is 392 g/mol. The van der Waals surface area contributed by atoms with Crippen molar-refractivity contribution in [1.82, 2.24) is 4.90 Å². The molecule has 138 valence electrons. The quantitative estimate of drug-likeness (QED) is 0.810. The van der Waals surface area contributed by atoms with E-state index in [1.807, 2.05) is 24.0 Å². The summed E-state index contributed by atoms with van der Waals surface area (Å²) in [5.41, 5.74) is 4.51. The van der Waals surface area contributed by atoms with Gasteiger partial charge in [0.05, 0.1) is 24.2 Å². The van der Waals surface area contributed by atoms with Crippen molar-refractivity contribution in [3.8, 4) is 0 Å². The van der Waals surface area contributed by atoms with Gasteiger partial charge in [0.1, 0.15) is 0 Å². The van der Waals surface area contributed by atoms with Gasteiger partial charge in [-0.25, -0.2) is 4.99 Å². The number of hydrogen-bond donors (Lipinski definition) is 2. The van der Waals surface area contributed by atoms with Crippen molar-refractivity contribution >= 4 is 34.6 Å². The van der Waals surface area contributed by atoms with E-state index in [-0.39, 0.29) is 0 Å². The Morgan fingerprint density at radius 1 is 1.23 bits per heavy atom. The Kier molecular flexibility index (Phi) is 5.55. The molecule has 1 aliphatic rings. The van der Waals surface area contributed by atoms with E-state index in [4.69, 9.17) is 16.3 Å². The number of halogens is 1. The van der Waals surface area contributed by atoms with E-state index in [1.54, 1.807) is 6.20 Å². The highest BCUT2D eigenvalue weighted by atomic mass is 35.5. The first-order valence-electron chi connectivity index (χ1n) is 8.24. The Balaban J connectivity index is 1.90. The molecular weight excluding hydrogens is 370 g/mol. The van der Waals surface area contributed by atoms with Crippen LogP contribution in [0.15, 0.2) is 41.2 Å². The lowest BCUT2D eigenvalue weighted by molar-refractivity contribution is 0.124. The topological polar surface area (TPSA) is 57.1 Å². The van der Waals surface area contributed by atoms with Crippen LogP contribution in [-0.4, -0.2) is 29.3 Å². The lowest BCUT2D eigenvalue weighted by Crippen LogP contribution is -2.37. The predicted molar refractivity (Wildman–Crippen MR) is 108 cm³/mol. The minimum Gasteiger partial charge on any atom is -0.495 e. The van der Waals surface area contributed by atoms with Gasteiger partial charge in [0.25, 0.3) is 0 Å². The van der Waals surface area contributed by atoms with Crippen LogP contribution in [-0.2, 0) is 11.3 Å². The number of nitrogens with one attached hydrogen (secondary N) is 1. The maximum atomic E-state index is 10.2. The molecule has 2 heterocycles. The van der Waals surface area contributed by atoms with Crippen molar-refractivity contribution in [3.63, 3.8) is 0 Å². The molecule has 2 aromatic rings. The van der Waals surface area contributed by atoms with Gasteiger partial charge in [-0.15, -0.1) is 11.3 Å².